The summed E-state index contributed by atoms with van der Waals surface area (Å²) in [5.41, 5.74) is 3.46. The van der Waals surface area contributed by atoms with Crippen LogP contribution < -0.4 is 9.64 Å². The first kappa shape index (κ1) is 17.6. The fourth-order valence-electron chi connectivity index (χ4n) is 3.10. The predicted molar refractivity (Wildman–Crippen MR) is 98.0 cm³/mol. The zero-order valence-corrected chi connectivity index (χ0v) is 15.1. The highest BCUT2D eigenvalue weighted by molar-refractivity contribution is 5.48. The number of β-amino-alcohol motifs (C(OH)–C–C–N with tert-alkyl or cyclic N) is 1. The minimum Gasteiger partial charge on any atom is -0.491 e. The molecule has 0 aliphatic carbocycles. The molecule has 0 radical (unpaired) electrons. The molecule has 0 bridgehead atoms. The average Bonchev–Trinajstić information content (AvgIpc) is 2.60. The van der Waals surface area contributed by atoms with E-state index in [2.05, 4.69) is 14.9 Å². The van der Waals surface area contributed by atoms with E-state index in [0.29, 0.717) is 6.54 Å². The number of ether oxygens (including phenoxy) is 1. The van der Waals surface area contributed by atoms with Gasteiger partial charge in [0.2, 0.25) is 0 Å². The van der Waals surface area contributed by atoms with E-state index in [1.165, 1.54) is 5.56 Å². The fourth-order valence-corrected chi connectivity index (χ4v) is 3.10. The van der Waals surface area contributed by atoms with Crippen molar-refractivity contribution < 1.29 is 9.84 Å². The van der Waals surface area contributed by atoms with Crippen LogP contribution >= 0.6 is 0 Å². The molecule has 1 aromatic heterocycles. The van der Waals surface area contributed by atoms with Gasteiger partial charge in [0, 0.05) is 45.7 Å². The van der Waals surface area contributed by atoms with E-state index in [1.54, 1.807) is 6.33 Å². The van der Waals surface area contributed by atoms with Crippen molar-refractivity contribution in [1.82, 2.24) is 14.9 Å². The third kappa shape index (κ3) is 4.46. The van der Waals surface area contributed by atoms with Crippen LogP contribution in [0.5, 0.6) is 5.75 Å². The molecule has 0 saturated heterocycles. The molecule has 1 atom stereocenters. The maximum absolute atomic E-state index is 10.3. The van der Waals surface area contributed by atoms with Crippen molar-refractivity contribution in [2.45, 2.75) is 26.0 Å². The third-order valence-electron chi connectivity index (χ3n) is 4.41. The largest absolute Gasteiger partial charge is 0.491 e. The lowest BCUT2D eigenvalue weighted by atomic mass is 10.1. The number of nitrogens with zero attached hydrogens (tertiary/aromatic N) is 4. The second kappa shape index (κ2) is 7.80. The number of aliphatic hydroxyl groups is 1. The number of hydrogen-bond acceptors (Lipinski definition) is 6. The van der Waals surface area contributed by atoms with E-state index < -0.39 is 6.10 Å². The highest BCUT2D eigenvalue weighted by Crippen LogP contribution is 2.24. The summed E-state index contributed by atoms with van der Waals surface area (Å²) in [5, 5.41) is 10.3. The van der Waals surface area contributed by atoms with Crippen LogP contribution in [0.4, 0.5) is 5.82 Å². The average molecular weight is 342 g/mol. The summed E-state index contributed by atoms with van der Waals surface area (Å²) in [5.74, 6) is 1.75. The standard InChI is InChI=1S/C19H26N4O2/c1-14-4-6-16(7-5-14)25-12-15(24)10-23-9-8-18-17(11-23)19(22(2)3)21-13-20-18/h4-7,13,15,24H,8-12H2,1-3H3/t15-/m1/s1. The van der Waals surface area contributed by atoms with Gasteiger partial charge >= 0.3 is 0 Å². The Bertz CT molecular complexity index is 703. The van der Waals surface area contributed by atoms with Crippen LogP contribution in [0.2, 0.25) is 0 Å². The van der Waals surface area contributed by atoms with E-state index in [9.17, 15) is 5.11 Å². The first-order chi connectivity index (χ1) is 12.0. The molecule has 3 rings (SSSR count). The lowest BCUT2D eigenvalue weighted by molar-refractivity contribution is 0.0635. The van der Waals surface area contributed by atoms with Gasteiger partial charge in [0.15, 0.2) is 0 Å². The molecule has 0 spiro atoms. The van der Waals surface area contributed by atoms with E-state index in [0.717, 1.165) is 42.3 Å². The number of aliphatic hydroxyl groups excluding tert-OH is 1. The highest BCUT2D eigenvalue weighted by Gasteiger charge is 2.23. The van der Waals surface area contributed by atoms with Crippen LogP contribution in [0.1, 0.15) is 16.8 Å². The van der Waals surface area contributed by atoms with Crippen molar-refractivity contribution >= 4 is 5.82 Å². The Labute approximate surface area is 149 Å². The van der Waals surface area contributed by atoms with Crippen molar-refractivity contribution in [2.75, 3.05) is 38.7 Å². The summed E-state index contributed by atoms with van der Waals surface area (Å²) >= 11 is 0. The second-order valence-electron chi connectivity index (χ2n) is 6.78. The first-order valence-corrected chi connectivity index (χ1v) is 8.63. The molecule has 2 heterocycles. The summed E-state index contributed by atoms with van der Waals surface area (Å²) in [7, 11) is 3.98. The number of fused-ring (bicyclic) bond motifs is 1. The predicted octanol–water partition coefficient (Wildman–Crippen LogP) is 1.65. The van der Waals surface area contributed by atoms with E-state index in [4.69, 9.17) is 4.74 Å². The Hall–Kier alpha value is -2.18. The Morgan fingerprint density at radius 3 is 2.72 bits per heavy atom. The van der Waals surface area contributed by atoms with Gasteiger partial charge in [-0.25, -0.2) is 9.97 Å². The Kier molecular flexibility index (Phi) is 5.50. The number of anilines is 1. The van der Waals surface area contributed by atoms with Crippen molar-refractivity contribution in [3.8, 4) is 5.75 Å². The normalized spacial score (nSPS) is 15.5. The number of aromatic nitrogens is 2. The molecule has 0 unspecified atom stereocenters. The summed E-state index contributed by atoms with van der Waals surface area (Å²) in [6.45, 7) is 4.55. The van der Waals surface area contributed by atoms with Gasteiger partial charge in [-0.2, -0.15) is 0 Å². The number of benzene rings is 1. The molecule has 1 aliphatic rings. The monoisotopic (exact) mass is 342 g/mol. The lowest BCUT2D eigenvalue weighted by Crippen LogP contribution is -2.39. The summed E-state index contributed by atoms with van der Waals surface area (Å²) < 4.78 is 5.69. The van der Waals surface area contributed by atoms with Crippen LogP contribution in [0.15, 0.2) is 30.6 Å². The molecule has 134 valence electrons. The van der Waals surface area contributed by atoms with Crippen molar-refractivity contribution in [1.29, 1.82) is 0 Å². The molecule has 6 nitrogen and oxygen atoms in total. The zero-order chi connectivity index (χ0) is 17.8. The molecule has 6 heteroatoms. The number of rotatable bonds is 6. The molecular formula is C19H26N4O2. The van der Waals surface area contributed by atoms with Crippen LogP contribution in [0.25, 0.3) is 0 Å². The van der Waals surface area contributed by atoms with Gasteiger partial charge in [0.25, 0.3) is 0 Å². The smallest absolute Gasteiger partial charge is 0.136 e. The SMILES string of the molecule is Cc1ccc(OC[C@H](O)CN2CCc3ncnc(N(C)C)c3C2)cc1. The summed E-state index contributed by atoms with van der Waals surface area (Å²) in [4.78, 5) is 13.0. The van der Waals surface area contributed by atoms with Gasteiger partial charge in [-0.1, -0.05) is 17.7 Å². The highest BCUT2D eigenvalue weighted by atomic mass is 16.5. The molecule has 25 heavy (non-hydrogen) atoms. The lowest BCUT2D eigenvalue weighted by Gasteiger charge is -2.31. The Morgan fingerprint density at radius 1 is 1.24 bits per heavy atom. The van der Waals surface area contributed by atoms with Crippen molar-refractivity contribution in [2.24, 2.45) is 0 Å². The second-order valence-corrected chi connectivity index (χ2v) is 6.78. The van der Waals surface area contributed by atoms with Gasteiger partial charge in [-0.15, -0.1) is 0 Å². The van der Waals surface area contributed by atoms with Crippen LogP contribution in [0, 0.1) is 6.92 Å². The minimum absolute atomic E-state index is 0.290. The molecule has 1 N–H and O–H groups in total. The van der Waals surface area contributed by atoms with Gasteiger partial charge in [-0.05, 0) is 19.1 Å². The maximum atomic E-state index is 10.3. The van der Waals surface area contributed by atoms with E-state index in [1.807, 2.05) is 50.2 Å². The van der Waals surface area contributed by atoms with E-state index >= 15 is 0 Å². The van der Waals surface area contributed by atoms with E-state index in [-0.39, 0.29) is 6.61 Å². The van der Waals surface area contributed by atoms with Crippen LogP contribution in [-0.4, -0.2) is 59.9 Å². The summed E-state index contributed by atoms with van der Waals surface area (Å²) in [6, 6.07) is 7.87. The number of hydrogen-bond donors (Lipinski definition) is 1. The van der Waals surface area contributed by atoms with Gasteiger partial charge < -0.3 is 14.7 Å². The molecule has 0 saturated carbocycles. The molecule has 0 fully saturated rings. The topological polar surface area (TPSA) is 61.7 Å². The van der Waals surface area contributed by atoms with Gasteiger partial charge in [-0.3, -0.25) is 4.90 Å². The minimum atomic E-state index is -0.532. The van der Waals surface area contributed by atoms with Crippen molar-refractivity contribution in [3.05, 3.63) is 47.4 Å². The molecule has 1 aromatic carbocycles. The van der Waals surface area contributed by atoms with Crippen LogP contribution in [-0.2, 0) is 13.0 Å². The van der Waals surface area contributed by atoms with Gasteiger partial charge in [0.1, 0.15) is 30.6 Å². The molecule has 0 amide bonds. The summed E-state index contributed by atoms with van der Waals surface area (Å²) in [6.07, 6.45) is 1.98. The molecular weight excluding hydrogens is 316 g/mol. The molecule has 2 aromatic rings. The Morgan fingerprint density at radius 2 is 2.00 bits per heavy atom. The van der Waals surface area contributed by atoms with Gasteiger partial charge in [0.05, 0.1) is 5.69 Å². The number of aryl methyl sites for hydroxylation is 1. The fraction of sp³-hybridized carbons (Fsp3) is 0.474. The first-order valence-electron chi connectivity index (χ1n) is 8.63. The molecule has 1 aliphatic heterocycles. The quantitative estimate of drug-likeness (QED) is 0.861. The Balaban J connectivity index is 1.56. The van der Waals surface area contributed by atoms with Crippen molar-refractivity contribution in [3.63, 3.8) is 0 Å². The zero-order valence-electron chi connectivity index (χ0n) is 15.1. The maximum Gasteiger partial charge on any atom is 0.136 e. The van der Waals surface area contributed by atoms with Crippen LogP contribution in [0.3, 0.4) is 0 Å². The third-order valence-corrected chi connectivity index (χ3v) is 4.41.